The van der Waals surface area contributed by atoms with Crippen LogP contribution in [0.5, 0.6) is 0 Å². The van der Waals surface area contributed by atoms with Gasteiger partial charge in [0.15, 0.2) is 0 Å². The summed E-state index contributed by atoms with van der Waals surface area (Å²) in [5.41, 5.74) is 1.84. The van der Waals surface area contributed by atoms with Crippen LogP contribution in [0.15, 0.2) is 76.2 Å². The van der Waals surface area contributed by atoms with Gasteiger partial charge >= 0.3 is 0 Å². The van der Waals surface area contributed by atoms with Gasteiger partial charge in [-0.2, -0.15) is 5.10 Å². The second-order valence-corrected chi connectivity index (χ2v) is 5.99. The molecule has 27 heavy (non-hydrogen) atoms. The number of nitrogens with one attached hydrogen (secondary N) is 1. The molecule has 0 aliphatic heterocycles. The monoisotopic (exact) mass is 360 g/mol. The van der Waals surface area contributed by atoms with E-state index in [1.807, 2.05) is 42.5 Å². The maximum atomic E-state index is 12.8. The topological polar surface area (TPSA) is 90.0 Å². The average molecular weight is 360 g/mol. The summed E-state index contributed by atoms with van der Waals surface area (Å²) in [5, 5.41) is 12.2. The van der Waals surface area contributed by atoms with Crippen molar-refractivity contribution in [3.63, 3.8) is 0 Å². The summed E-state index contributed by atoms with van der Waals surface area (Å²) < 4.78 is 5.93. The van der Waals surface area contributed by atoms with E-state index in [1.165, 1.54) is 10.9 Å². The predicted octanol–water partition coefficient (Wildman–Crippen LogP) is 2.37. The van der Waals surface area contributed by atoms with E-state index in [0.717, 1.165) is 10.9 Å². The Bertz CT molecular complexity index is 1140. The second-order valence-electron chi connectivity index (χ2n) is 5.99. The van der Waals surface area contributed by atoms with Crippen LogP contribution in [-0.2, 0) is 17.9 Å². The third kappa shape index (κ3) is 3.48. The molecule has 7 nitrogen and oxygen atoms in total. The Morgan fingerprint density at radius 1 is 1.00 bits per heavy atom. The molecule has 2 aromatic carbocycles. The highest BCUT2D eigenvalue weighted by molar-refractivity contribution is 5.93. The van der Waals surface area contributed by atoms with Crippen molar-refractivity contribution in [1.29, 1.82) is 0 Å². The Kier molecular flexibility index (Phi) is 4.49. The first-order valence-corrected chi connectivity index (χ1v) is 8.43. The van der Waals surface area contributed by atoms with Gasteiger partial charge in [-0.1, -0.05) is 53.7 Å². The van der Waals surface area contributed by atoms with Gasteiger partial charge in [-0.15, -0.1) is 0 Å². The van der Waals surface area contributed by atoms with Crippen molar-refractivity contribution in [2.45, 2.75) is 13.1 Å². The van der Waals surface area contributed by atoms with Crippen LogP contribution in [0.4, 0.5) is 0 Å². The first kappa shape index (κ1) is 16.7. The summed E-state index contributed by atoms with van der Waals surface area (Å²) in [4.78, 5) is 25.0. The lowest BCUT2D eigenvalue weighted by atomic mass is 10.1. The lowest BCUT2D eigenvalue weighted by Gasteiger charge is -2.11. The largest absolute Gasteiger partial charge is 0.364 e. The molecule has 2 heterocycles. The van der Waals surface area contributed by atoms with E-state index in [0.29, 0.717) is 16.8 Å². The minimum Gasteiger partial charge on any atom is -0.364 e. The maximum Gasteiger partial charge on any atom is 0.275 e. The molecule has 0 atom stereocenters. The molecule has 7 heteroatoms. The van der Waals surface area contributed by atoms with Gasteiger partial charge in [-0.25, -0.2) is 4.68 Å². The Morgan fingerprint density at radius 3 is 2.48 bits per heavy atom. The summed E-state index contributed by atoms with van der Waals surface area (Å²) in [6, 6.07) is 18.5. The number of rotatable bonds is 5. The van der Waals surface area contributed by atoms with Crippen LogP contribution < -0.4 is 10.9 Å². The zero-order valence-electron chi connectivity index (χ0n) is 14.3. The summed E-state index contributed by atoms with van der Waals surface area (Å²) in [6.45, 7) is 0.0462. The van der Waals surface area contributed by atoms with Crippen LogP contribution in [0.2, 0.25) is 0 Å². The zero-order valence-corrected chi connectivity index (χ0v) is 14.3. The number of hydrogen-bond donors (Lipinski definition) is 1. The van der Waals surface area contributed by atoms with Crippen LogP contribution in [0.3, 0.4) is 0 Å². The fourth-order valence-corrected chi connectivity index (χ4v) is 2.86. The third-order valence-electron chi connectivity index (χ3n) is 4.17. The van der Waals surface area contributed by atoms with E-state index in [2.05, 4.69) is 15.6 Å². The lowest BCUT2D eigenvalue weighted by Crippen LogP contribution is -2.33. The lowest BCUT2D eigenvalue weighted by molar-refractivity contribution is -0.122. The predicted molar refractivity (Wildman–Crippen MR) is 99.8 cm³/mol. The van der Waals surface area contributed by atoms with Crippen LogP contribution in [-0.4, -0.2) is 20.8 Å². The van der Waals surface area contributed by atoms with Crippen LogP contribution >= 0.6 is 0 Å². The molecular formula is C20H16N4O3. The quantitative estimate of drug-likeness (QED) is 0.590. The molecule has 0 spiro atoms. The van der Waals surface area contributed by atoms with Gasteiger partial charge in [0, 0.05) is 17.0 Å². The first-order valence-electron chi connectivity index (χ1n) is 8.43. The van der Waals surface area contributed by atoms with Crippen LogP contribution in [0, 0.1) is 0 Å². The van der Waals surface area contributed by atoms with Gasteiger partial charge in [0.2, 0.25) is 5.91 Å². The minimum absolute atomic E-state index is 0.179. The van der Waals surface area contributed by atoms with Crippen molar-refractivity contribution in [1.82, 2.24) is 20.3 Å². The van der Waals surface area contributed by atoms with E-state index < -0.39 is 0 Å². The highest BCUT2D eigenvalue weighted by Crippen LogP contribution is 2.24. The molecule has 0 unspecified atom stereocenters. The van der Waals surface area contributed by atoms with Crippen molar-refractivity contribution >= 4 is 16.7 Å². The van der Waals surface area contributed by atoms with E-state index in [-0.39, 0.29) is 24.6 Å². The highest BCUT2D eigenvalue weighted by Gasteiger charge is 2.14. The molecule has 0 aliphatic carbocycles. The Labute approximate surface area is 154 Å². The van der Waals surface area contributed by atoms with Gasteiger partial charge in [-0.3, -0.25) is 9.59 Å². The molecule has 4 aromatic rings. The molecule has 2 aromatic heterocycles. The van der Waals surface area contributed by atoms with Gasteiger partial charge in [0.25, 0.3) is 5.56 Å². The first-order chi connectivity index (χ1) is 13.2. The third-order valence-corrected chi connectivity index (χ3v) is 4.17. The number of hydrogen-bond acceptors (Lipinski definition) is 5. The maximum absolute atomic E-state index is 12.8. The smallest absolute Gasteiger partial charge is 0.275 e. The van der Waals surface area contributed by atoms with Crippen molar-refractivity contribution < 1.29 is 9.32 Å². The van der Waals surface area contributed by atoms with Crippen molar-refractivity contribution in [2.24, 2.45) is 0 Å². The SMILES string of the molecule is O=C(Cn1nc(-c2ccccc2)c2ccccc2c1=O)NCc1ccon1. The van der Waals surface area contributed by atoms with Crippen molar-refractivity contribution in [3.05, 3.63) is 83.0 Å². The number of carbonyl (C=O) groups excluding carboxylic acids is 1. The minimum atomic E-state index is -0.332. The molecule has 4 rings (SSSR count). The van der Waals surface area contributed by atoms with Gasteiger partial charge < -0.3 is 9.84 Å². The highest BCUT2D eigenvalue weighted by atomic mass is 16.5. The fraction of sp³-hybridized carbons (Fsp3) is 0.100. The standard InChI is InChI=1S/C20H16N4O3/c25-18(21-12-15-10-11-27-23-15)13-24-20(26)17-9-5-4-8-16(17)19(22-24)14-6-2-1-3-7-14/h1-11H,12-13H2,(H,21,25). The fourth-order valence-electron chi connectivity index (χ4n) is 2.86. The van der Waals surface area contributed by atoms with Crippen molar-refractivity contribution in [2.75, 3.05) is 0 Å². The molecule has 1 N–H and O–H groups in total. The molecule has 0 saturated heterocycles. The number of aromatic nitrogens is 3. The average Bonchev–Trinajstić information content (AvgIpc) is 3.23. The normalized spacial score (nSPS) is 10.8. The molecule has 134 valence electrons. The van der Waals surface area contributed by atoms with E-state index in [1.54, 1.807) is 18.2 Å². The zero-order chi connectivity index (χ0) is 18.6. The number of nitrogens with zero attached hydrogens (tertiary/aromatic N) is 3. The van der Waals surface area contributed by atoms with E-state index in [9.17, 15) is 9.59 Å². The molecule has 0 fully saturated rings. The number of amides is 1. The Hall–Kier alpha value is -3.74. The van der Waals surface area contributed by atoms with Gasteiger partial charge in [-0.05, 0) is 6.07 Å². The number of fused-ring (bicyclic) bond motifs is 1. The Morgan fingerprint density at radius 2 is 1.74 bits per heavy atom. The van der Waals surface area contributed by atoms with Gasteiger partial charge in [0.05, 0.1) is 17.6 Å². The summed E-state index contributed by atoms with van der Waals surface area (Å²) in [5.74, 6) is -0.332. The summed E-state index contributed by atoms with van der Waals surface area (Å²) in [6.07, 6.45) is 1.43. The van der Waals surface area contributed by atoms with Crippen molar-refractivity contribution in [3.8, 4) is 11.3 Å². The molecule has 0 saturated carbocycles. The van der Waals surface area contributed by atoms with E-state index in [4.69, 9.17) is 4.52 Å². The number of benzene rings is 2. The molecule has 1 amide bonds. The Balaban J connectivity index is 1.69. The molecular weight excluding hydrogens is 344 g/mol. The van der Waals surface area contributed by atoms with Crippen LogP contribution in [0.1, 0.15) is 5.69 Å². The summed E-state index contributed by atoms with van der Waals surface area (Å²) in [7, 11) is 0. The summed E-state index contributed by atoms with van der Waals surface area (Å²) >= 11 is 0. The molecule has 0 radical (unpaired) electrons. The molecule has 0 bridgehead atoms. The van der Waals surface area contributed by atoms with Crippen LogP contribution in [0.25, 0.3) is 22.0 Å². The van der Waals surface area contributed by atoms with Gasteiger partial charge in [0.1, 0.15) is 18.5 Å². The second kappa shape index (κ2) is 7.25. The molecule has 0 aliphatic rings. The number of carbonyl (C=O) groups is 1. The van der Waals surface area contributed by atoms with E-state index >= 15 is 0 Å².